The fraction of sp³-hybridized carbons (Fsp3) is 0.950. The van der Waals surface area contributed by atoms with Gasteiger partial charge in [-0.05, 0) is 19.8 Å². The van der Waals surface area contributed by atoms with Gasteiger partial charge in [0, 0.05) is 6.61 Å². The van der Waals surface area contributed by atoms with Crippen LogP contribution in [0.15, 0.2) is 0 Å². The molecule has 0 fully saturated rings. The first-order chi connectivity index (χ1) is 13.7. The molecule has 0 bridgehead atoms. The molecule has 1 unspecified atom stereocenters. The van der Waals surface area contributed by atoms with Crippen LogP contribution >= 0.6 is 7.82 Å². The van der Waals surface area contributed by atoms with Crippen LogP contribution in [-0.4, -0.2) is 45.3 Å². The molecule has 0 spiro atoms. The summed E-state index contributed by atoms with van der Waals surface area (Å²) >= 11 is 0. The van der Waals surface area contributed by atoms with E-state index in [2.05, 4.69) is 6.92 Å². The Balaban J connectivity index is -0.000000464. The Morgan fingerprint density at radius 1 is 0.800 bits per heavy atom. The summed E-state index contributed by atoms with van der Waals surface area (Å²) in [4.78, 5) is 32.1. The molecule has 0 aromatic carbocycles. The molecule has 0 radical (unpaired) electrons. The molecule has 0 saturated heterocycles. The maximum Gasteiger partial charge on any atom is 1.00 e. The van der Waals surface area contributed by atoms with Crippen molar-refractivity contribution in [1.29, 1.82) is 0 Å². The monoisotopic (exact) mass is 482 g/mol. The van der Waals surface area contributed by atoms with Gasteiger partial charge in [-0.1, -0.05) is 84.0 Å². The number of carboxylic acid groups (broad SMARTS) is 1. The van der Waals surface area contributed by atoms with E-state index >= 15 is 0 Å². The minimum Gasteiger partial charge on any atom is -1.00 e. The molecular weight excluding hydrogens is 438 g/mol. The standard InChI is InChI=1S/C20H40O4.K.H3O4P.H/c1-3-5-6-7-8-9-10-11-12-13-14-15-16-17-20(23-4-2)24-18-19(21)22;;1-5(2,3)4;/h20H,3-18H2,1-2H3,(H,21,22);;(H3,1,2,3,4);/q;+1;;-1. The van der Waals surface area contributed by atoms with Gasteiger partial charge in [0.2, 0.25) is 0 Å². The number of carboxylic acids is 1. The summed E-state index contributed by atoms with van der Waals surface area (Å²) in [7, 11) is -4.64. The van der Waals surface area contributed by atoms with Crippen LogP contribution < -0.4 is 51.4 Å². The van der Waals surface area contributed by atoms with Gasteiger partial charge < -0.3 is 30.7 Å². The van der Waals surface area contributed by atoms with Crippen LogP contribution in [-0.2, 0) is 18.8 Å². The van der Waals surface area contributed by atoms with Crippen molar-refractivity contribution in [3.05, 3.63) is 0 Å². The second-order valence-electron chi connectivity index (χ2n) is 7.13. The maximum absolute atomic E-state index is 10.5. The van der Waals surface area contributed by atoms with E-state index in [1.165, 1.54) is 77.0 Å². The van der Waals surface area contributed by atoms with E-state index in [1.54, 1.807) is 0 Å². The second-order valence-corrected chi connectivity index (χ2v) is 8.16. The average Bonchev–Trinajstić information content (AvgIpc) is 2.62. The first-order valence-corrected chi connectivity index (χ1v) is 12.5. The minimum atomic E-state index is -4.64. The first-order valence-electron chi connectivity index (χ1n) is 10.9. The van der Waals surface area contributed by atoms with E-state index in [1.807, 2.05) is 6.92 Å². The third-order valence-corrected chi connectivity index (χ3v) is 4.29. The Morgan fingerprint density at radius 3 is 1.50 bits per heavy atom. The molecule has 0 aliphatic rings. The Bertz CT molecular complexity index is 404. The van der Waals surface area contributed by atoms with Crippen molar-refractivity contribution in [3.8, 4) is 0 Å². The van der Waals surface area contributed by atoms with Gasteiger partial charge in [0.25, 0.3) is 0 Å². The number of ether oxygens (including phenoxy) is 2. The zero-order valence-electron chi connectivity index (χ0n) is 20.3. The molecule has 4 N–H and O–H groups in total. The average molecular weight is 483 g/mol. The molecule has 0 aliphatic carbocycles. The number of hydrogen-bond donors (Lipinski definition) is 4. The van der Waals surface area contributed by atoms with Crippen LogP contribution in [0.2, 0.25) is 0 Å². The van der Waals surface area contributed by atoms with Crippen molar-refractivity contribution >= 4 is 13.8 Å². The van der Waals surface area contributed by atoms with E-state index in [0.717, 1.165) is 12.8 Å². The van der Waals surface area contributed by atoms with Crippen LogP contribution in [0.4, 0.5) is 0 Å². The van der Waals surface area contributed by atoms with E-state index in [4.69, 9.17) is 33.8 Å². The summed E-state index contributed by atoms with van der Waals surface area (Å²) in [5, 5.41) is 8.63. The number of carbonyl (C=O) groups is 1. The molecule has 0 aromatic heterocycles. The second kappa shape index (κ2) is 26.4. The van der Waals surface area contributed by atoms with Gasteiger partial charge in [0.15, 0.2) is 6.29 Å². The summed E-state index contributed by atoms with van der Waals surface area (Å²) in [6.07, 6.45) is 17.7. The molecule has 0 aromatic rings. The minimum absolute atomic E-state index is 0. The molecule has 178 valence electrons. The van der Waals surface area contributed by atoms with Gasteiger partial charge in [-0.15, -0.1) is 0 Å². The largest absolute Gasteiger partial charge is 1.00 e. The molecule has 0 saturated carbocycles. The molecule has 0 heterocycles. The third kappa shape index (κ3) is 39.6. The van der Waals surface area contributed by atoms with Crippen molar-refractivity contribution in [2.75, 3.05) is 13.2 Å². The van der Waals surface area contributed by atoms with E-state index in [9.17, 15) is 4.79 Å². The van der Waals surface area contributed by atoms with Gasteiger partial charge in [0.1, 0.15) is 6.61 Å². The summed E-state index contributed by atoms with van der Waals surface area (Å²) in [5.41, 5.74) is 0. The van der Waals surface area contributed by atoms with Crippen LogP contribution in [0.5, 0.6) is 0 Å². The van der Waals surface area contributed by atoms with E-state index in [0.29, 0.717) is 6.61 Å². The Labute approximate surface area is 226 Å². The topological polar surface area (TPSA) is 134 Å². The van der Waals surface area contributed by atoms with Gasteiger partial charge in [-0.25, -0.2) is 9.36 Å². The van der Waals surface area contributed by atoms with Crippen molar-refractivity contribution in [2.45, 2.75) is 110 Å². The molecular formula is C20H44KO8P. The summed E-state index contributed by atoms with van der Waals surface area (Å²) in [5.74, 6) is -0.940. The zero-order chi connectivity index (χ0) is 22.4. The predicted molar refractivity (Wildman–Crippen MR) is 115 cm³/mol. The Morgan fingerprint density at radius 2 is 1.17 bits per heavy atom. The number of unbranched alkanes of at least 4 members (excludes halogenated alkanes) is 12. The van der Waals surface area contributed by atoms with Crippen LogP contribution in [0, 0.1) is 0 Å². The van der Waals surface area contributed by atoms with E-state index in [-0.39, 0.29) is 65.7 Å². The summed E-state index contributed by atoms with van der Waals surface area (Å²) < 4.78 is 19.5. The van der Waals surface area contributed by atoms with Gasteiger partial charge in [-0.3, -0.25) is 0 Å². The van der Waals surface area contributed by atoms with Crippen LogP contribution in [0.25, 0.3) is 0 Å². The SMILES string of the molecule is CCCCCCCCCCCCCCCC(OCC)OCC(=O)O.O=P(O)(O)O.[H-].[K+]. The van der Waals surface area contributed by atoms with Crippen molar-refractivity contribution < 1.29 is 91.4 Å². The van der Waals surface area contributed by atoms with Gasteiger partial charge in [-0.2, -0.15) is 0 Å². The van der Waals surface area contributed by atoms with Crippen LogP contribution in [0.3, 0.4) is 0 Å². The fourth-order valence-electron chi connectivity index (χ4n) is 2.89. The predicted octanol–water partition coefficient (Wildman–Crippen LogP) is 2.12. The van der Waals surface area contributed by atoms with Crippen molar-refractivity contribution in [3.63, 3.8) is 0 Å². The molecule has 0 aliphatic heterocycles. The van der Waals surface area contributed by atoms with Gasteiger partial charge in [0.05, 0.1) is 0 Å². The normalized spacial score (nSPS) is 11.9. The number of rotatable bonds is 19. The molecule has 0 rings (SSSR count). The molecule has 0 amide bonds. The van der Waals surface area contributed by atoms with Gasteiger partial charge >= 0.3 is 65.2 Å². The zero-order valence-corrected chi connectivity index (χ0v) is 23.3. The molecule has 8 nitrogen and oxygen atoms in total. The molecule has 10 heteroatoms. The quantitative estimate of drug-likeness (QED) is 0.0952. The van der Waals surface area contributed by atoms with Crippen molar-refractivity contribution in [2.24, 2.45) is 0 Å². The first kappa shape index (κ1) is 35.7. The van der Waals surface area contributed by atoms with E-state index < -0.39 is 13.8 Å². The number of aliphatic carboxylic acids is 1. The van der Waals surface area contributed by atoms with Crippen molar-refractivity contribution in [1.82, 2.24) is 0 Å². The summed E-state index contributed by atoms with van der Waals surface area (Å²) in [6, 6.07) is 0. The third-order valence-electron chi connectivity index (χ3n) is 4.29. The number of phosphoric acid groups is 1. The Hall–Kier alpha value is 1.14. The molecule has 1 atom stereocenters. The van der Waals surface area contributed by atoms with Crippen LogP contribution in [0.1, 0.15) is 105 Å². The Kier molecular flexibility index (Phi) is 31.4. The summed E-state index contributed by atoms with van der Waals surface area (Å²) in [6.45, 7) is 4.45. The smallest absolute Gasteiger partial charge is 1.00 e. The molecule has 30 heavy (non-hydrogen) atoms. The number of hydrogen-bond acceptors (Lipinski definition) is 4. The maximum atomic E-state index is 10.5. The fourth-order valence-corrected chi connectivity index (χ4v) is 2.89.